The Labute approximate surface area is 115 Å². The number of aromatic nitrogens is 1. The van der Waals surface area contributed by atoms with Crippen LogP contribution in [0.4, 0.5) is 0 Å². The van der Waals surface area contributed by atoms with Gasteiger partial charge in [-0.05, 0) is 37.4 Å². The lowest BCUT2D eigenvalue weighted by Gasteiger charge is -2.19. The van der Waals surface area contributed by atoms with Crippen LogP contribution < -0.4 is 5.32 Å². The number of benzene rings is 1. The number of hydrogen-bond donors (Lipinski definition) is 3. The van der Waals surface area contributed by atoms with E-state index in [2.05, 4.69) is 55.3 Å². The fraction of sp³-hybridized carbons (Fsp3) is 0.500. The van der Waals surface area contributed by atoms with Gasteiger partial charge in [-0.2, -0.15) is 0 Å². The van der Waals surface area contributed by atoms with E-state index < -0.39 is 0 Å². The summed E-state index contributed by atoms with van der Waals surface area (Å²) in [4.78, 5) is 3.42. The molecule has 0 bridgehead atoms. The van der Waals surface area contributed by atoms with E-state index in [0.29, 0.717) is 5.92 Å². The average molecular weight is 260 g/mol. The fourth-order valence-corrected chi connectivity index (χ4v) is 2.55. The highest BCUT2D eigenvalue weighted by molar-refractivity contribution is 5.84. The van der Waals surface area contributed by atoms with E-state index in [9.17, 15) is 5.11 Å². The quantitative estimate of drug-likeness (QED) is 0.748. The summed E-state index contributed by atoms with van der Waals surface area (Å²) in [5.41, 5.74) is 3.83. The Morgan fingerprint density at radius 3 is 2.68 bits per heavy atom. The Morgan fingerprint density at radius 2 is 2.00 bits per heavy atom. The second-order valence-corrected chi connectivity index (χ2v) is 5.51. The van der Waals surface area contributed by atoms with Gasteiger partial charge in [0.05, 0.1) is 6.61 Å². The molecule has 0 radical (unpaired) electrons. The first-order chi connectivity index (χ1) is 9.13. The zero-order valence-electron chi connectivity index (χ0n) is 12.0. The number of fused-ring (bicyclic) bond motifs is 1. The minimum Gasteiger partial charge on any atom is -0.395 e. The van der Waals surface area contributed by atoms with Crippen molar-refractivity contribution in [1.82, 2.24) is 10.3 Å². The van der Waals surface area contributed by atoms with E-state index in [1.165, 1.54) is 22.2 Å². The summed E-state index contributed by atoms with van der Waals surface area (Å²) < 4.78 is 0. The fourth-order valence-electron chi connectivity index (χ4n) is 2.55. The van der Waals surface area contributed by atoms with Crippen molar-refractivity contribution in [2.45, 2.75) is 33.2 Å². The number of nitrogens with one attached hydrogen (secondary N) is 2. The van der Waals surface area contributed by atoms with E-state index in [0.717, 1.165) is 13.0 Å². The van der Waals surface area contributed by atoms with E-state index >= 15 is 0 Å². The molecule has 2 aromatic rings. The van der Waals surface area contributed by atoms with Crippen LogP contribution in [-0.4, -0.2) is 29.3 Å². The largest absolute Gasteiger partial charge is 0.395 e. The first kappa shape index (κ1) is 14.1. The van der Waals surface area contributed by atoms with Crippen molar-refractivity contribution in [1.29, 1.82) is 0 Å². The number of H-pyrrole nitrogens is 1. The van der Waals surface area contributed by atoms with Gasteiger partial charge in [0.2, 0.25) is 0 Å². The number of aliphatic hydroxyl groups excluding tert-OH is 1. The minimum absolute atomic E-state index is 0.186. The van der Waals surface area contributed by atoms with Crippen molar-refractivity contribution in [3.63, 3.8) is 0 Å². The maximum atomic E-state index is 9.31. The molecular weight excluding hydrogens is 236 g/mol. The molecule has 0 fully saturated rings. The number of rotatable bonds is 6. The highest BCUT2D eigenvalue weighted by atomic mass is 16.3. The predicted molar refractivity (Wildman–Crippen MR) is 80.5 cm³/mol. The Balaban J connectivity index is 2.04. The third kappa shape index (κ3) is 3.17. The molecule has 19 heavy (non-hydrogen) atoms. The van der Waals surface area contributed by atoms with Gasteiger partial charge in [-0.15, -0.1) is 0 Å². The average Bonchev–Trinajstić information content (AvgIpc) is 2.70. The number of hydrogen-bond acceptors (Lipinski definition) is 2. The second kappa shape index (κ2) is 6.22. The van der Waals surface area contributed by atoms with Crippen LogP contribution in [0.1, 0.15) is 25.1 Å². The molecule has 1 heterocycles. The minimum atomic E-state index is 0.186. The van der Waals surface area contributed by atoms with Crippen molar-refractivity contribution in [2.75, 3.05) is 13.2 Å². The van der Waals surface area contributed by atoms with Crippen molar-refractivity contribution in [3.05, 3.63) is 35.5 Å². The van der Waals surface area contributed by atoms with E-state index in [4.69, 9.17) is 0 Å². The highest BCUT2D eigenvalue weighted by Crippen LogP contribution is 2.21. The van der Waals surface area contributed by atoms with Crippen molar-refractivity contribution >= 4 is 10.9 Å². The summed E-state index contributed by atoms with van der Waals surface area (Å²) in [6.45, 7) is 7.48. The molecular formula is C16H24N2O. The van der Waals surface area contributed by atoms with Crippen LogP contribution in [0.5, 0.6) is 0 Å². The van der Waals surface area contributed by atoms with Crippen molar-refractivity contribution in [2.24, 2.45) is 5.92 Å². The Morgan fingerprint density at radius 1 is 1.26 bits per heavy atom. The molecule has 0 spiro atoms. The maximum absolute atomic E-state index is 9.31. The molecule has 0 aliphatic rings. The molecule has 1 aromatic heterocycles. The third-order valence-electron chi connectivity index (χ3n) is 3.81. The molecule has 3 nitrogen and oxygen atoms in total. The SMILES string of the molecule is Cc1[nH]c2ccccc2c1CCNC(CO)C(C)C. The van der Waals surface area contributed by atoms with Crippen molar-refractivity contribution < 1.29 is 5.11 Å². The normalized spacial score (nSPS) is 13.3. The molecule has 1 atom stereocenters. The molecule has 1 aromatic carbocycles. The molecule has 3 N–H and O–H groups in total. The summed E-state index contributed by atoms with van der Waals surface area (Å²) in [7, 11) is 0. The molecule has 2 rings (SSSR count). The van der Waals surface area contributed by atoms with Crippen LogP contribution in [0.25, 0.3) is 10.9 Å². The number of aryl methyl sites for hydroxylation is 1. The summed E-state index contributed by atoms with van der Waals surface area (Å²) >= 11 is 0. The standard InChI is InChI=1S/C16H24N2O/c1-11(2)16(10-19)17-9-8-13-12(3)18-15-7-5-4-6-14(13)15/h4-7,11,16-19H,8-10H2,1-3H3. The van der Waals surface area contributed by atoms with Crippen LogP contribution in [0, 0.1) is 12.8 Å². The third-order valence-corrected chi connectivity index (χ3v) is 3.81. The van der Waals surface area contributed by atoms with Crippen LogP contribution >= 0.6 is 0 Å². The summed E-state index contributed by atoms with van der Waals surface area (Å²) in [6.07, 6.45) is 0.985. The monoisotopic (exact) mass is 260 g/mol. The lowest BCUT2D eigenvalue weighted by molar-refractivity contribution is 0.212. The second-order valence-electron chi connectivity index (χ2n) is 5.51. The Kier molecular flexibility index (Phi) is 4.61. The molecule has 0 saturated heterocycles. The molecule has 104 valence electrons. The summed E-state index contributed by atoms with van der Waals surface area (Å²) in [5.74, 6) is 0.453. The molecule has 0 aliphatic carbocycles. The maximum Gasteiger partial charge on any atom is 0.0587 e. The van der Waals surface area contributed by atoms with Gasteiger partial charge in [-0.3, -0.25) is 0 Å². The Hall–Kier alpha value is -1.32. The highest BCUT2D eigenvalue weighted by Gasteiger charge is 2.12. The lowest BCUT2D eigenvalue weighted by atomic mass is 10.0. The molecule has 0 aliphatic heterocycles. The lowest BCUT2D eigenvalue weighted by Crippen LogP contribution is -2.38. The predicted octanol–water partition coefficient (Wildman–Crippen LogP) is 2.63. The van der Waals surface area contributed by atoms with Crippen molar-refractivity contribution in [3.8, 4) is 0 Å². The molecule has 0 amide bonds. The smallest absolute Gasteiger partial charge is 0.0587 e. The first-order valence-corrected chi connectivity index (χ1v) is 7.04. The van der Waals surface area contributed by atoms with E-state index in [1.807, 2.05) is 0 Å². The molecule has 3 heteroatoms. The van der Waals surface area contributed by atoms with Gasteiger partial charge in [0.15, 0.2) is 0 Å². The van der Waals surface area contributed by atoms with Gasteiger partial charge in [0, 0.05) is 22.6 Å². The van der Waals surface area contributed by atoms with Crippen LogP contribution in [0.2, 0.25) is 0 Å². The zero-order chi connectivity index (χ0) is 13.8. The van der Waals surface area contributed by atoms with E-state index in [1.54, 1.807) is 0 Å². The number of aromatic amines is 1. The van der Waals surface area contributed by atoms with E-state index in [-0.39, 0.29) is 12.6 Å². The van der Waals surface area contributed by atoms with Gasteiger partial charge < -0.3 is 15.4 Å². The van der Waals surface area contributed by atoms with Crippen LogP contribution in [0.3, 0.4) is 0 Å². The summed E-state index contributed by atoms with van der Waals surface area (Å²) in [5, 5.41) is 14.1. The Bertz CT molecular complexity index is 531. The topological polar surface area (TPSA) is 48.0 Å². The first-order valence-electron chi connectivity index (χ1n) is 7.04. The van der Waals surface area contributed by atoms with Gasteiger partial charge in [0.1, 0.15) is 0 Å². The zero-order valence-corrected chi connectivity index (χ0v) is 12.0. The summed E-state index contributed by atoms with van der Waals surface area (Å²) in [6, 6.07) is 8.60. The molecule has 0 saturated carbocycles. The van der Waals surface area contributed by atoms with Crippen LogP contribution in [0.15, 0.2) is 24.3 Å². The van der Waals surface area contributed by atoms with Gasteiger partial charge in [0.25, 0.3) is 0 Å². The van der Waals surface area contributed by atoms with Gasteiger partial charge >= 0.3 is 0 Å². The number of para-hydroxylation sites is 1. The van der Waals surface area contributed by atoms with Gasteiger partial charge in [-0.1, -0.05) is 32.0 Å². The molecule has 1 unspecified atom stereocenters. The number of aliphatic hydroxyl groups is 1. The van der Waals surface area contributed by atoms with Gasteiger partial charge in [-0.25, -0.2) is 0 Å². The van der Waals surface area contributed by atoms with Crippen LogP contribution in [-0.2, 0) is 6.42 Å².